The summed E-state index contributed by atoms with van der Waals surface area (Å²) in [6, 6.07) is 6.01. The molecule has 4 heteroatoms. The first-order valence-corrected chi connectivity index (χ1v) is 7.49. The maximum absolute atomic E-state index is 9.68. The fourth-order valence-corrected chi connectivity index (χ4v) is 2.86. The molecule has 1 unspecified atom stereocenters. The number of methoxy groups -OCH3 is 1. The average molecular weight is 278 g/mol. The van der Waals surface area contributed by atoms with Crippen molar-refractivity contribution in [2.75, 3.05) is 39.8 Å². The standard InChI is InChI=1S/C16H26N2O2/c1-4-7-17-8-10-18(11-9-17)13(2)14-5-6-15(19)16(12-14)20-3/h5-6,12-13,19H,4,7-11H2,1-3H3. The van der Waals surface area contributed by atoms with Gasteiger partial charge in [0.15, 0.2) is 11.5 Å². The van der Waals surface area contributed by atoms with Gasteiger partial charge in [0, 0.05) is 32.2 Å². The molecule has 0 aliphatic carbocycles. The first kappa shape index (κ1) is 15.1. The summed E-state index contributed by atoms with van der Waals surface area (Å²) < 4.78 is 5.20. The molecule has 20 heavy (non-hydrogen) atoms. The zero-order valence-electron chi connectivity index (χ0n) is 12.8. The Morgan fingerprint density at radius 2 is 1.95 bits per heavy atom. The van der Waals surface area contributed by atoms with Gasteiger partial charge in [0.1, 0.15) is 0 Å². The van der Waals surface area contributed by atoms with Gasteiger partial charge in [0.2, 0.25) is 0 Å². The molecule has 0 amide bonds. The molecule has 1 saturated heterocycles. The van der Waals surface area contributed by atoms with Crippen LogP contribution in [0, 0.1) is 0 Å². The smallest absolute Gasteiger partial charge is 0.160 e. The van der Waals surface area contributed by atoms with Crippen LogP contribution in [0.25, 0.3) is 0 Å². The molecule has 0 radical (unpaired) electrons. The zero-order chi connectivity index (χ0) is 14.5. The lowest BCUT2D eigenvalue weighted by molar-refractivity contribution is 0.102. The van der Waals surface area contributed by atoms with Crippen LogP contribution in [-0.2, 0) is 0 Å². The number of nitrogens with zero attached hydrogens (tertiary/aromatic N) is 2. The average Bonchev–Trinajstić information content (AvgIpc) is 2.48. The van der Waals surface area contributed by atoms with Crippen LogP contribution < -0.4 is 4.74 Å². The number of phenols is 1. The maximum Gasteiger partial charge on any atom is 0.160 e. The third-order valence-electron chi connectivity index (χ3n) is 4.18. The van der Waals surface area contributed by atoms with Gasteiger partial charge in [-0.15, -0.1) is 0 Å². The van der Waals surface area contributed by atoms with Gasteiger partial charge in [-0.2, -0.15) is 0 Å². The number of piperazine rings is 1. The van der Waals surface area contributed by atoms with Gasteiger partial charge in [-0.3, -0.25) is 4.90 Å². The third-order valence-corrected chi connectivity index (χ3v) is 4.18. The van der Waals surface area contributed by atoms with Crippen molar-refractivity contribution in [3.8, 4) is 11.5 Å². The summed E-state index contributed by atoms with van der Waals surface area (Å²) in [6.07, 6.45) is 1.23. The molecular formula is C16H26N2O2. The Labute approximate surface area is 122 Å². The monoisotopic (exact) mass is 278 g/mol. The molecule has 1 N–H and O–H groups in total. The largest absolute Gasteiger partial charge is 0.504 e. The molecule has 2 rings (SSSR count). The van der Waals surface area contributed by atoms with Gasteiger partial charge in [-0.25, -0.2) is 0 Å². The molecule has 1 heterocycles. The first-order valence-electron chi connectivity index (χ1n) is 7.49. The topological polar surface area (TPSA) is 35.9 Å². The molecule has 0 spiro atoms. The van der Waals surface area contributed by atoms with Crippen molar-refractivity contribution in [2.45, 2.75) is 26.3 Å². The lowest BCUT2D eigenvalue weighted by atomic mass is 10.1. The van der Waals surface area contributed by atoms with Crippen LogP contribution in [-0.4, -0.2) is 54.7 Å². The van der Waals surface area contributed by atoms with E-state index < -0.39 is 0 Å². The molecule has 0 bridgehead atoms. The molecule has 1 aromatic rings. The van der Waals surface area contributed by atoms with E-state index in [4.69, 9.17) is 4.74 Å². The second-order valence-corrected chi connectivity index (χ2v) is 5.48. The first-order chi connectivity index (χ1) is 9.65. The van der Waals surface area contributed by atoms with Crippen molar-refractivity contribution < 1.29 is 9.84 Å². The van der Waals surface area contributed by atoms with E-state index in [1.165, 1.54) is 18.5 Å². The van der Waals surface area contributed by atoms with Crippen LogP contribution in [0.1, 0.15) is 31.9 Å². The van der Waals surface area contributed by atoms with E-state index in [0.717, 1.165) is 26.2 Å². The minimum atomic E-state index is 0.205. The molecule has 1 aliphatic rings. The summed E-state index contributed by atoms with van der Waals surface area (Å²) in [7, 11) is 1.59. The third kappa shape index (κ3) is 3.44. The summed E-state index contributed by atoms with van der Waals surface area (Å²) in [5.41, 5.74) is 1.20. The van der Waals surface area contributed by atoms with Gasteiger partial charge in [0.25, 0.3) is 0 Å². The summed E-state index contributed by atoms with van der Waals surface area (Å²) in [5, 5.41) is 9.68. The van der Waals surface area contributed by atoms with Gasteiger partial charge in [-0.1, -0.05) is 13.0 Å². The van der Waals surface area contributed by atoms with Crippen LogP contribution in [0.15, 0.2) is 18.2 Å². The van der Waals surface area contributed by atoms with E-state index in [2.05, 4.69) is 23.6 Å². The Hall–Kier alpha value is -1.26. The van der Waals surface area contributed by atoms with Crippen LogP contribution in [0.4, 0.5) is 0 Å². The highest BCUT2D eigenvalue weighted by atomic mass is 16.5. The second-order valence-electron chi connectivity index (χ2n) is 5.48. The quantitative estimate of drug-likeness (QED) is 0.897. The Bertz CT molecular complexity index is 428. The molecule has 1 aromatic carbocycles. The lowest BCUT2D eigenvalue weighted by Crippen LogP contribution is -2.47. The minimum absolute atomic E-state index is 0.205. The number of benzene rings is 1. The Morgan fingerprint density at radius 1 is 1.25 bits per heavy atom. The number of hydrogen-bond acceptors (Lipinski definition) is 4. The van der Waals surface area contributed by atoms with E-state index in [1.807, 2.05) is 12.1 Å². The number of rotatable bonds is 5. The molecule has 1 fully saturated rings. The van der Waals surface area contributed by atoms with Gasteiger partial charge in [0.05, 0.1) is 7.11 Å². The van der Waals surface area contributed by atoms with Crippen molar-refractivity contribution in [3.05, 3.63) is 23.8 Å². The van der Waals surface area contributed by atoms with E-state index in [0.29, 0.717) is 11.8 Å². The maximum atomic E-state index is 9.68. The number of hydrogen-bond donors (Lipinski definition) is 1. The highest BCUT2D eigenvalue weighted by Gasteiger charge is 2.22. The van der Waals surface area contributed by atoms with E-state index >= 15 is 0 Å². The molecule has 1 atom stereocenters. The molecule has 0 saturated carbocycles. The normalized spacial score (nSPS) is 18.9. The SMILES string of the molecule is CCCN1CCN(C(C)c2ccc(O)c(OC)c2)CC1. The number of aromatic hydroxyl groups is 1. The van der Waals surface area contributed by atoms with Crippen molar-refractivity contribution in [1.82, 2.24) is 9.80 Å². The van der Waals surface area contributed by atoms with Crippen LogP contribution in [0.2, 0.25) is 0 Å². The zero-order valence-corrected chi connectivity index (χ0v) is 12.8. The molecule has 4 nitrogen and oxygen atoms in total. The van der Waals surface area contributed by atoms with Crippen LogP contribution >= 0.6 is 0 Å². The summed E-state index contributed by atoms with van der Waals surface area (Å²) in [6.45, 7) is 10.2. The summed E-state index contributed by atoms with van der Waals surface area (Å²) in [5.74, 6) is 0.759. The Kier molecular flexibility index (Phi) is 5.26. The molecular weight excluding hydrogens is 252 g/mol. The van der Waals surface area contributed by atoms with Crippen LogP contribution in [0.3, 0.4) is 0 Å². The fourth-order valence-electron chi connectivity index (χ4n) is 2.86. The van der Waals surface area contributed by atoms with Gasteiger partial charge >= 0.3 is 0 Å². The fraction of sp³-hybridized carbons (Fsp3) is 0.625. The highest BCUT2D eigenvalue weighted by Crippen LogP contribution is 2.31. The van der Waals surface area contributed by atoms with Crippen molar-refractivity contribution in [3.63, 3.8) is 0 Å². The van der Waals surface area contributed by atoms with E-state index in [-0.39, 0.29) is 5.75 Å². The molecule has 1 aliphatic heterocycles. The van der Waals surface area contributed by atoms with Gasteiger partial charge in [-0.05, 0) is 37.6 Å². The minimum Gasteiger partial charge on any atom is -0.504 e. The van der Waals surface area contributed by atoms with Gasteiger partial charge < -0.3 is 14.7 Å². The lowest BCUT2D eigenvalue weighted by Gasteiger charge is -2.38. The number of phenolic OH excluding ortho intramolecular Hbond substituents is 1. The second kappa shape index (κ2) is 6.95. The summed E-state index contributed by atoms with van der Waals surface area (Å²) in [4.78, 5) is 5.03. The number of ether oxygens (including phenoxy) is 1. The van der Waals surface area contributed by atoms with E-state index in [9.17, 15) is 5.11 Å². The van der Waals surface area contributed by atoms with Crippen molar-refractivity contribution in [1.29, 1.82) is 0 Å². The van der Waals surface area contributed by atoms with E-state index in [1.54, 1.807) is 13.2 Å². The van der Waals surface area contributed by atoms with Crippen molar-refractivity contribution in [2.24, 2.45) is 0 Å². The Morgan fingerprint density at radius 3 is 2.55 bits per heavy atom. The summed E-state index contributed by atoms with van der Waals surface area (Å²) >= 11 is 0. The predicted octanol–water partition coefficient (Wildman–Crippen LogP) is 2.49. The Balaban J connectivity index is 1.99. The van der Waals surface area contributed by atoms with Crippen molar-refractivity contribution >= 4 is 0 Å². The molecule has 0 aromatic heterocycles. The molecule has 112 valence electrons. The highest BCUT2D eigenvalue weighted by molar-refractivity contribution is 5.42. The predicted molar refractivity (Wildman–Crippen MR) is 81.4 cm³/mol. The van der Waals surface area contributed by atoms with Crippen LogP contribution in [0.5, 0.6) is 11.5 Å².